The largest absolute Gasteiger partial charge is 0.510 e. The summed E-state index contributed by atoms with van der Waals surface area (Å²) in [5, 5.41) is 45.3. The Morgan fingerprint density at radius 2 is 1.66 bits per heavy atom. The summed E-state index contributed by atoms with van der Waals surface area (Å²) >= 11 is 0. The predicted octanol–water partition coefficient (Wildman–Crippen LogP) is 2.92. The number of benzene rings is 2. The van der Waals surface area contributed by atoms with Gasteiger partial charge in [0.05, 0.1) is 23.6 Å². The first-order chi connectivity index (χ1) is 24.8. The van der Waals surface area contributed by atoms with Crippen molar-refractivity contribution in [3.05, 3.63) is 75.8 Å². The van der Waals surface area contributed by atoms with Gasteiger partial charge in [-0.05, 0) is 81.9 Å². The number of carbonyl (C=O) groups is 5. The lowest BCUT2D eigenvalue weighted by atomic mass is 9.58. The second kappa shape index (κ2) is 14.6. The monoisotopic (exact) mass is 735 g/mol. The van der Waals surface area contributed by atoms with Gasteiger partial charge in [0.1, 0.15) is 22.8 Å². The van der Waals surface area contributed by atoms with Crippen LogP contribution in [0, 0.1) is 17.3 Å². The Hall–Kier alpha value is -5.25. The third-order valence-electron chi connectivity index (χ3n) is 10.1. The van der Waals surface area contributed by atoms with Crippen LogP contribution in [0.2, 0.25) is 0 Å². The highest BCUT2D eigenvalue weighted by Crippen LogP contribution is 2.53. The standard InChI is InChI=1S/C38H45N3O12/c1-37(2,3)35(48)52-18-53-36(49)41(13-14-51-6)17-19-7-9-20(10-8-19)22-11-12-25(42)27-23(22)15-21-16-24-29(40(4)5)31(44)28(34(39)47)33(46)38(24,50)32(45)26(21)30(27)43/h7-12,21,24,29,42,44-45,50H,13-18H2,1-6H3,(H2,39,47)/t21-,24-,29-,38-/m0/s1. The number of methoxy groups -OCH3 is 1. The first kappa shape index (κ1) is 39.0. The van der Waals surface area contributed by atoms with Crippen LogP contribution in [-0.2, 0) is 41.6 Å². The van der Waals surface area contributed by atoms with Gasteiger partial charge in [-0.3, -0.25) is 24.1 Å². The van der Waals surface area contributed by atoms with E-state index in [1.807, 2.05) is 0 Å². The van der Waals surface area contributed by atoms with E-state index in [-0.39, 0.29) is 49.4 Å². The number of Topliss-reactive ketones (excluding diaryl/α,β-unsaturated/α-hetero) is 2. The summed E-state index contributed by atoms with van der Waals surface area (Å²) in [4.78, 5) is 67.7. The molecule has 2 amide bonds. The Kier molecular flexibility index (Phi) is 10.8. The summed E-state index contributed by atoms with van der Waals surface area (Å²) in [7, 11) is 4.63. The van der Waals surface area contributed by atoms with Crippen molar-refractivity contribution in [1.82, 2.24) is 9.80 Å². The van der Waals surface area contributed by atoms with Gasteiger partial charge >= 0.3 is 12.1 Å². The maximum Gasteiger partial charge on any atom is 0.413 e. The molecule has 15 heteroatoms. The molecule has 4 atom stereocenters. The smallest absolute Gasteiger partial charge is 0.413 e. The van der Waals surface area contributed by atoms with E-state index >= 15 is 0 Å². The number of ketones is 2. The second-order valence-electron chi connectivity index (χ2n) is 14.8. The number of aromatic hydroxyl groups is 1. The molecule has 0 aromatic heterocycles. The second-order valence-corrected chi connectivity index (χ2v) is 14.8. The van der Waals surface area contributed by atoms with Crippen LogP contribution in [0.5, 0.6) is 5.75 Å². The van der Waals surface area contributed by atoms with Crippen LogP contribution in [0.3, 0.4) is 0 Å². The van der Waals surface area contributed by atoms with Gasteiger partial charge in [0.15, 0.2) is 11.4 Å². The summed E-state index contributed by atoms with van der Waals surface area (Å²) in [6.07, 6.45) is -0.629. The van der Waals surface area contributed by atoms with Gasteiger partial charge in [0, 0.05) is 31.7 Å². The average molecular weight is 736 g/mol. The lowest BCUT2D eigenvalue weighted by molar-refractivity contribution is -0.162. The molecule has 0 aliphatic heterocycles. The van der Waals surface area contributed by atoms with Crippen LogP contribution >= 0.6 is 0 Å². The van der Waals surface area contributed by atoms with Crippen LogP contribution in [0.1, 0.15) is 48.7 Å². The normalized spacial score (nSPS) is 22.6. The fraction of sp³-hybridized carbons (Fsp3) is 0.447. The zero-order chi connectivity index (χ0) is 39.2. The van der Waals surface area contributed by atoms with E-state index in [0.29, 0.717) is 16.7 Å². The quantitative estimate of drug-likeness (QED) is 0.135. The van der Waals surface area contributed by atoms with Crippen molar-refractivity contribution in [2.75, 3.05) is 41.1 Å². The third kappa shape index (κ3) is 6.99. The molecule has 5 rings (SSSR count). The predicted molar refractivity (Wildman–Crippen MR) is 188 cm³/mol. The number of amides is 2. The van der Waals surface area contributed by atoms with Gasteiger partial charge in [-0.2, -0.15) is 0 Å². The van der Waals surface area contributed by atoms with Gasteiger partial charge < -0.3 is 45.3 Å². The fourth-order valence-electron chi connectivity index (χ4n) is 7.41. The summed E-state index contributed by atoms with van der Waals surface area (Å²) in [5.74, 6) is -7.72. The summed E-state index contributed by atoms with van der Waals surface area (Å²) in [5.41, 5.74) is 3.18. The number of phenolic OH excluding ortho intramolecular Hbond substituents is 1. The number of nitrogens with zero attached hydrogens (tertiary/aromatic N) is 2. The van der Waals surface area contributed by atoms with Crippen LogP contribution in [-0.4, -0.2) is 113 Å². The lowest BCUT2D eigenvalue weighted by Crippen LogP contribution is -2.63. The number of likely N-dealkylation sites (N-methyl/N-ethyl adjacent to an activating group) is 1. The summed E-state index contributed by atoms with van der Waals surface area (Å²) in [6.45, 7) is 5.04. The number of carbonyl (C=O) groups excluding carboxylic acids is 5. The molecular weight excluding hydrogens is 690 g/mol. The number of hydrogen-bond donors (Lipinski definition) is 5. The number of ether oxygens (including phenoxy) is 3. The molecule has 53 heavy (non-hydrogen) atoms. The summed E-state index contributed by atoms with van der Waals surface area (Å²) in [6, 6.07) is 9.04. The fourth-order valence-corrected chi connectivity index (χ4v) is 7.41. The van der Waals surface area contributed by atoms with Crippen molar-refractivity contribution in [2.24, 2.45) is 23.0 Å². The highest BCUT2D eigenvalue weighted by molar-refractivity contribution is 6.25. The van der Waals surface area contributed by atoms with Crippen molar-refractivity contribution >= 4 is 29.5 Å². The lowest BCUT2D eigenvalue weighted by Gasteiger charge is -2.50. The molecule has 6 N–H and O–H groups in total. The molecule has 0 saturated carbocycles. The Balaban J connectivity index is 1.44. The zero-order valence-corrected chi connectivity index (χ0v) is 30.5. The minimum Gasteiger partial charge on any atom is -0.510 e. The number of primary amides is 1. The van der Waals surface area contributed by atoms with E-state index in [4.69, 9.17) is 19.9 Å². The number of phenols is 1. The zero-order valence-electron chi connectivity index (χ0n) is 30.5. The van der Waals surface area contributed by atoms with Crippen molar-refractivity contribution in [3.63, 3.8) is 0 Å². The molecule has 0 saturated heterocycles. The molecule has 0 heterocycles. The van der Waals surface area contributed by atoms with Gasteiger partial charge in [0.25, 0.3) is 5.91 Å². The van der Waals surface area contributed by atoms with Gasteiger partial charge in [-0.25, -0.2) is 4.79 Å². The van der Waals surface area contributed by atoms with Gasteiger partial charge in [0.2, 0.25) is 12.6 Å². The van der Waals surface area contributed by atoms with Crippen molar-refractivity contribution in [1.29, 1.82) is 0 Å². The Bertz CT molecular complexity index is 1910. The number of hydrogen-bond acceptors (Lipinski definition) is 13. The molecule has 15 nitrogen and oxygen atoms in total. The van der Waals surface area contributed by atoms with Crippen LogP contribution in [0.15, 0.2) is 59.1 Å². The first-order valence-corrected chi connectivity index (χ1v) is 17.0. The molecule has 0 bridgehead atoms. The van der Waals surface area contributed by atoms with Crippen molar-refractivity contribution in [3.8, 4) is 16.9 Å². The van der Waals surface area contributed by atoms with Crippen molar-refractivity contribution < 1.29 is 58.6 Å². The number of esters is 1. The topological polar surface area (TPSA) is 226 Å². The minimum atomic E-state index is -2.73. The minimum absolute atomic E-state index is 0.0391. The molecular formula is C38H45N3O12. The van der Waals surface area contributed by atoms with E-state index in [1.165, 1.54) is 23.0 Å². The molecule has 3 aliphatic rings. The number of allylic oxidation sites excluding steroid dienone is 1. The molecule has 3 aliphatic carbocycles. The van der Waals surface area contributed by atoms with E-state index in [0.717, 1.165) is 5.56 Å². The van der Waals surface area contributed by atoms with E-state index in [2.05, 4.69) is 0 Å². The molecule has 0 unspecified atom stereocenters. The molecule has 2 aromatic carbocycles. The van der Waals surface area contributed by atoms with Crippen LogP contribution < -0.4 is 5.73 Å². The molecule has 0 fully saturated rings. The van der Waals surface area contributed by atoms with E-state index in [1.54, 1.807) is 65.2 Å². The molecule has 284 valence electrons. The first-order valence-electron chi connectivity index (χ1n) is 17.0. The summed E-state index contributed by atoms with van der Waals surface area (Å²) < 4.78 is 15.4. The number of rotatable bonds is 10. The van der Waals surface area contributed by atoms with Gasteiger partial charge in [-0.15, -0.1) is 0 Å². The maximum atomic E-state index is 14.1. The number of aliphatic hydroxyl groups is 3. The Labute approximate surface area is 306 Å². The average Bonchev–Trinajstić information content (AvgIpc) is 3.08. The number of fused-ring (bicyclic) bond motifs is 3. The molecule has 0 radical (unpaired) electrons. The van der Waals surface area contributed by atoms with Crippen molar-refractivity contribution in [2.45, 2.75) is 51.8 Å². The molecule has 2 aromatic rings. The number of aliphatic hydroxyl groups excluding tert-OH is 2. The molecule has 0 spiro atoms. The highest BCUT2D eigenvalue weighted by Gasteiger charge is 2.63. The van der Waals surface area contributed by atoms with Gasteiger partial charge in [-0.1, -0.05) is 30.3 Å². The maximum absolute atomic E-state index is 14.1. The Morgan fingerprint density at radius 3 is 2.25 bits per heavy atom. The Morgan fingerprint density at radius 1 is 1.00 bits per heavy atom. The van der Waals surface area contributed by atoms with Crippen LogP contribution in [0.25, 0.3) is 11.1 Å². The third-order valence-corrected chi connectivity index (χ3v) is 10.1. The van der Waals surface area contributed by atoms with E-state index in [9.17, 15) is 44.4 Å². The highest BCUT2D eigenvalue weighted by atomic mass is 16.7. The van der Waals surface area contributed by atoms with E-state index < -0.39 is 82.3 Å². The number of nitrogens with two attached hydrogens (primary N) is 1. The van der Waals surface area contributed by atoms with Crippen LogP contribution in [0.4, 0.5) is 4.79 Å². The SMILES string of the molecule is COCCN(Cc1ccc(-c2ccc(O)c3c2C[C@H]2C[C@H]4[C@H](N(C)C)C(O)=C(C(N)=O)C(=O)[C@@]4(O)C(O)=C2C3=O)cc1)C(=O)OCOC(=O)C(C)(C)C.